The van der Waals surface area contributed by atoms with E-state index in [1.807, 2.05) is 0 Å². The normalized spacial score (nSPS) is 9.60. The van der Waals surface area contributed by atoms with Crippen molar-refractivity contribution in [2.24, 2.45) is 11.5 Å². The molecule has 0 aliphatic carbocycles. The van der Waals surface area contributed by atoms with Crippen LogP contribution in [0.3, 0.4) is 0 Å². The van der Waals surface area contributed by atoms with E-state index in [1.165, 1.54) is 0 Å². The van der Waals surface area contributed by atoms with Crippen LogP contribution in [0.5, 0.6) is 0 Å². The van der Waals surface area contributed by atoms with Crippen molar-refractivity contribution in [2.45, 2.75) is 6.29 Å². The summed E-state index contributed by atoms with van der Waals surface area (Å²) in [4.78, 5) is 0. The first kappa shape index (κ1) is 4.88. The summed E-state index contributed by atoms with van der Waals surface area (Å²) in [6.45, 7) is 0. The van der Waals surface area contributed by atoms with Crippen molar-refractivity contribution < 1.29 is 0 Å². The number of hydrogen-bond donors (Lipinski definition) is 3. The molecule has 0 aromatic carbocycles. The fourth-order valence-corrected chi connectivity index (χ4v) is 0. The van der Waals surface area contributed by atoms with Gasteiger partial charge in [-0.15, -0.1) is 0 Å². The molecule has 0 atom stereocenters. The van der Waals surface area contributed by atoms with Gasteiger partial charge in [0.05, 0.1) is 0 Å². The Kier molecular flexibility index (Phi) is 2.09. The maximum Gasteiger partial charge on any atom is 0.106 e. The van der Waals surface area contributed by atoms with Gasteiger partial charge in [-0.05, 0) is 7.05 Å². The summed E-state index contributed by atoms with van der Waals surface area (Å²) in [6.07, 6.45) is -0.366. The van der Waals surface area contributed by atoms with Gasteiger partial charge in [-0.25, -0.2) is 0 Å². The molecular formula is C2H9N3. The molecule has 0 unspecified atom stereocenters. The molecule has 0 radical (unpaired) electrons. The van der Waals surface area contributed by atoms with Crippen molar-refractivity contribution in [3.8, 4) is 0 Å². The molecule has 32 valence electrons. The molecule has 0 aromatic rings. The molecular weight excluding hydrogens is 66.0 g/mol. The molecule has 0 saturated carbocycles. The van der Waals surface area contributed by atoms with Crippen LogP contribution < -0.4 is 16.8 Å². The van der Waals surface area contributed by atoms with Crippen LogP contribution in [0.25, 0.3) is 0 Å². The zero-order chi connectivity index (χ0) is 4.28. The van der Waals surface area contributed by atoms with Gasteiger partial charge >= 0.3 is 0 Å². The molecule has 3 nitrogen and oxygen atoms in total. The van der Waals surface area contributed by atoms with Gasteiger partial charge in [-0.1, -0.05) is 0 Å². The zero-order valence-corrected chi connectivity index (χ0v) is 3.23. The Hall–Kier alpha value is -0.120. The Labute approximate surface area is 31.3 Å². The molecule has 0 amide bonds. The zero-order valence-electron chi connectivity index (χ0n) is 3.23. The predicted molar refractivity (Wildman–Crippen MR) is 21.2 cm³/mol. The maximum atomic E-state index is 4.96. The van der Waals surface area contributed by atoms with Gasteiger partial charge in [-0.3, -0.25) is 5.32 Å². The van der Waals surface area contributed by atoms with E-state index >= 15 is 0 Å². The smallest absolute Gasteiger partial charge is 0.106 e. The van der Waals surface area contributed by atoms with Gasteiger partial charge in [0.1, 0.15) is 6.29 Å². The summed E-state index contributed by atoms with van der Waals surface area (Å²) in [7, 11) is 1.70. The van der Waals surface area contributed by atoms with Crippen LogP contribution >= 0.6 is 0 Å². The molecule has 0 spiro atoms. The first-order valence-corrected chi connectivity index (χ1v) is 1.46. The van der Waals surface area contributed by atoms with E-state index in [0.717, 1.165) is 0 Å². The van der Waals surface area contributed by atoms with E-state index in [9.17, 15) is 0 Å². The topological polar surface area (TPSA) is 64.1 Å². The molecule has 0 aliphatic rings. The molecule has 0 bridgehead atoms. The van der Waals surface area contributed by atoms with Crippen LogP contribution in [0.15, 0.2) is 0 Å². The summed E-state index contributed by atoms with van der Waals surface area (Å²) in [5.74, 6) is 0. The lowest BCUT2D eigenvalue weighted by atomic mass is 10.9. The highest BCUT2D eigenvalue weighted by atomic mass is 15.1. The van der Waals surface area contributed by atoms with Crippen molar-refractivity contribution >= 4 is 0 Å². The summed E-state index contributed by atoms with van der Waals surface area (Å²) in [6, 6.07) is 0. The van der Waals surface area contributed by atoms with Crippen LogP contribution in [0.2, 0.25) is 0 Å². The molecule has 5 N–H and O–H groups in total. The highest BCUT2D eigenvalue weighted by molar-refractivity contribution is 4.34. The largest absolute Gasteiger partial charge is 0.304 e. The maximum absolute atomic E-state index is 4.96. The lowest BCUT2D eigenvalue weighted by molar-refractivity contribution is 0.610. The van der Waals surface area contributed by atoms with Crippen LogP contribution in [0.4, 0.5) is 0 Å². The third-order valence-electron chi connectivity index (χ3n) is 0.333. The standard InChI is InChI=1S/C2H9N3/c1-5-2(3)4/h2,5H,3-4H2,1H3. The minimum absolute atomic E-state index is 0.366. The average Bonchev–Trinajstić information content (AvgIpc) is 1.38. The highest BCUT2D eigenvalue weighted by Gasteiger charge is 1.76. The van der Waals surface area contributed by atoms with E-state index in [1.54, 1.807) is 7.05 Å². The Morgan fingerprint density at radius 1 is 1.60 bits per heavy atom. The molecule has 0 aliphatic heterocycles. The van der Waals surface area contributed by atoms with Crippen LogP contribution in [0, 0.1) is 0 Å². The van der Waals surface area contributed by atoms with Crippen molar-refractivity contribution in [1.82, 2.24) is 5.32 Å². The molecule has 5 heavy (non-hydrogen) atoms. The predicted octanol–water partition coefficient (Wildman–Crippen LogP) is -1.59. The minimum Gasteiger partial charge on any atom is -0.304 e. The second-order valence-corrected chi connectivity index (χ2v) is 0.814. The van der Waals surface area contributed by atoms with E-state index in [0.29, 0.717) is 0 Å². The summed E-state index contributed by atoms with van der Waals surface area (Å²) < 4.78 is 0. The number of hydrogen-bond acceptors (Lipinski definition) is 3. The van der Waals surface area contributed by atoms with Crippen molar-refractivity contribution in [3.63, 3.8) is 0 Å². The van der Waals surface area contributed by atoms with E-state index < -0.39 is 0 Å². The third-order valence-corrected chi connectivity index (χ3v) is 0.333. The number of rotatable bonds is 1. The van der Waals surface area contributed by atoms with Crippen LogP contribution in [0.1, 0.15) is 0 Å². The van der Waals surface area contributed by atoms with Gasteiger partial charge in [0.25, 0.3) is 0 Å². The fraction of sp³-hybridized carbons (Fsp3) is 1.00. The molecule has 3 heteroatoms. The number of nitrogens with two attached hydrogens (primary N) is 2. The molecule has 0 fully saturated rings. The SMILES string of the molecule is CNC(N)N. The van der Waals surface area contributed by atoms with Gasteiger partial charge in [-0.2, -0.15) is 0 Å². The number of nitrogens with one attached hydrogen (secondary N) is 1. The van der Waals surface area contributed by atoms with E-state index in [2.05, 4.69) is 5.32 Å². The van der Waals surface area contributed by atoms with Crippen LogP contribution in [-0.4, -0.2) is 13.3 Å². The molecule has 0 saturated heterocycles. The Balaban J connectivity index is 2.54. The van der Waals surface area contributed by atoms with Crippen molar-refractivity contribution in [1.29, 1.82) is 0 Å². The first-order chi connectivity index (χ1) is 2.27. The summed E-state index contributed by atoms with van der Waals surface area (Å²) >= 11 is 0. The Bertz CT molecular complexity index is 18.9. The second kappa shape index (κ2) is 2.14. The lowest BCUT2D eigenvalue weighted by Crippen LogP contribution is -2.42. The van der Waals surface area contributed by atoms with E-state index in [-0.39, 0.29) is 6.29 Å². The fourth-order valence-electron chi connectivity index (χ4n) is 0. The quantitative estimate of drug-likeness (QED) is 0.329. The second-order valence-electron chi connectivity index (χ2n) is 0.814. The first-order valence-electron chi connectivity index (χ1n) is 1.46. The van der Waals surface area contributed by atoms with Gasteiger partial charge in [0.2, 0.25) is 0 Å². The summed E-state index contributed by atoms with van der Waals surface area (Å²) in [5.41, 5.74) is 9.92. The minimum atomic E-state index is -0.366. The van der Waals surface area contributed by atoms with Crippen molar-refractivity contribution in [3.05, 3.63) is 0 Å². The summed E-state index contributed by atoms with van der Waals surface area (Å²) in [5, 5.41) is 2.58. The van der Waals surface area contributed by atoms with Gasteiger partial charge in [0.15, 0.2) is 0 Å². The molecule has 0 heterocycles. The Morgan fingerprint density at radius 3 is 1.80 bits per heavy atom. The Morgan fingerprint density at radius 2 is 1.80 bits per heavy atom. The monoisotopic (exact) mass is 75.1 g/mol. The third kappa shape index (κ3) is 3.88. The van der Waals surface area contributed by atoms with Crippen LogP contribution in [-0.2, 0) is 0 Å². The average molecular weight is 75.1 g/mol. The molecule has 0 aromatic heterocycles. The highest BCUT2D eigenvalue weighted by Crippen LogP contribution is 1.35. The van der Waals surface area contributed by atoms with Gasteiger partial charge in [0, 0.05) is 0 Å². The van der Waals surface area contributed by atoms with Crippen molar-refractivity contribution in [2.75, 3.05) is 7.05 Å². The lowest BCUT2D eigenvalue weighted by Gasteiger charge is -1.96. The van der Waals surface area contributed by atoms with E-state index in [4.69, 9.17) is 11.5 Å². The molecule has 0 rings (SSSR count). The van der Waals surface area contributed by atoms with Gasteiger partial charge < -0.3 is 11.5 Å².